The molecule has 1 unspecified atom stereocenters. The summed E-state index contributed by atoms with van der Waals surface area (Å²) in [4.78, 5) is 37.6. The highest BCUT2D eigenvalue weighted by atomic mass is 16.2. The molecule has 1 aliphatic carbocycles. The monoisotopic (exact) mass is 356 g/mol. The SMILES string of the molecule is NCC1CC(NCc2ccc3c(c2)CN(C2CCC(=O)NC2=O)C3=O)C1. The molecule has 26 heavy (non-hydrogen) atoms. The van der Waals surface area contributed by atoms with Crippen LogP contribution in [0.3, 0.4) is 0 Å². The lowest BCUT2D eigenvalue weighted by molar-refractivity contribution is -0.136. The number of piperidine rings is 1. The van der Waals surface area contributed by atoms with Crippen LogP contribution in [0.25, 0.3) is 0 Å². The summed E-state index contributed by atoms with van der Waals surface area (Å²) in [5.74, 6) is -0.119. The molecule has 1 atom stereocenters. The fourth-order valence-electron chi connectivity index (χ4n) is 4.09. The minimum Gasteiger partial charge on any atom is -0.330 e. The third-order valence-electron chi connectivity index (χ3n) is 5.75. The Bertz CT molecular complexity index is 757. The molecule has 3 amide bonds. The molecule has 0 bridgehead atoms. The molecule has 1 saturated carbocycles. The molecule has 0 spiro atoms. The van der Waals surface area contributed by atoms with Crippen molar-refractivity contribution in [2.45, 2.75) is 50.9 Å². The Balaban J connectivity index is 1.40. The third-order valence-corrected chi connectivity index (χ3v) is 5.75. The Hall–Kier alpha value is -2.25. The Morgan fingerprint density at radius 1 is 1.23 bits per heavy atom. The predicted octanol–water partition coefficient (Wildman–Crippen LogP) is 0.275. The molecule has 0 aromatic heterocycles. The van der Waals surface area contributed by atoms with Crippen molar-refractivity contribution in [3.63, 3.8) is 0 Å². The lowest BCUT2D eigenvalue weighted by Gasteiger charge is -2.35. The van der Waals surface area contributed by atoms with E-state index in [1.165, 1.54) is 0 Å². The number of carbonyl (C=O) groups is 3. The van der Waals surface area contributed by atoms with E-state index in [4.69, 9.17) is 5.73 Å². The smallest absolute Gasteiger partial charge is 0.255 e. The van der Waals surface area contributed by atoms with Crippen LogP contribution in [0.4, 0.5) is 0 Å². The quantitative estimate of drug-likeness (QED) is 0.657. The minimum absolute atomic E-state index is 0.126. The van der Waals surface area contributed by atoms with Gasteiger partial charge in [0, 0.05) is 31.1 Å². The summed E-state index contributed by atoms with van der Waals surface area (Å²) < 4.78 is 0. The average molecular weight is 356 g/mol. The topological polar surface area (TPSA) is 105 Å². The van der Waals surface area contributed by atoms with E-state index in [0.717, 1.165) is 37.1 Å². The van der Waals surface area contributed by atoms with Gasteiger partial charge in [-0.25, -0.2) is 0 Å². The predicted molar refractivity (Wildman–Crippen MR) is 94.9 cm³/mol. The van der Waals surface area contributed by atoms with Gasteiger partial charge in [-0.2, -0.15) is 0 Å². The van der Waals surface area contributed by atoms with E-state index < -0.39 is 6.04 Å². The lowest BCUT2D eigenvalue weighted by atomic mass is 9.80. The molecule has 3 aliphatic rings. The first-order chi connectivity index (χ1) is 12.5. The third kappa shape index (κ3) is 3.12. The molecule has 4 rings (SSSR count). The van der Waals surface area contributed by atoms with Crippen molar-refractivity contribution < 1.29 is 14.4 Å². The maximum Gasteiger partial charge on any atom is 0.255 e. The van der Waals surface area contributed by atoms with E-state index in [1.807, 2.05) is 18.2 Å². The number of fused-ring (bicyclic) bond motifs is 1. The molecule has 1 aromatic carbocycles. The molecule has 1 aromatic rings. The van der Waals surface area contributed by atoms with Gasteiger partial charge >= 0.3 is 0 Å². The number of hydrogen-bond acceptors (Lipinski definition) is 5. The average Bonchev–Trinajstić information content (AvgIpc) is 2.90. The highest BCUT2D eigenvalue weighted by Gasteiger charge is 2.39. The van der Waals surface area contributed by atoms with Crippen molar-refractivity contribution in [3.8, 4) is 0 Å². The van der Waals surface area contributed by atoms with Gasteiger partial charge in [0.05, 0.1) is 0 Å². The molecule has 1 saturated heterocycles. The van der Waals surface area contributed by atoms with Crippen LogP contribution < -0.4 is 16.4 Å². The van der Waals surface area contributed by atoms with E-state index in [-0.39, 0.29) is 24.1 Å². The van der Waals surface area contributed by atoms with E-state index in [0.29, 0.717) is 30.5 Å². The summed E-state index contributed by atoms with van der Waals surface area (Å²) in [6.45, 7) is 1.95. The van der Waals surface area contributed by atoms with Crippen molar-refractivity contribution in [1.29, 1.82) is 0 Å². The van der Waals surface area contributed by atoms with Crippen molar-refractivity contribution in [1.82, 2.24) is 15.5 Å². The zero-order valence-electron chi connectivity index (χ0n) is 14.7. The van der Waals surface area contributed by atoms with Crippen molar-refractivity contribution in [3.05, 3.63) is 34.9 Å². The van der Waals surface area contributed by atoms with E-state index in [2.05, 4.69) is 10.6 Å². The second kappa shape index (κ2) is 6.81. The summed E-state index contributed by atoms with van der Waals surface area (Å²) >= 11 is 0. The van der Waals surface area contributed by atoms with Gasteiger partial charge in [0.1, 0.15) is 6.04 Å². The summed E-state index contributed by atoms with van der Waals surface area (Å²) in [7, 11) is 0. The minimum atomic E-state index is -0.558. The molecule has 138 valence electrons. The Labute approximate surface area is 152 Å². The molecular weight excluding hydrogens is 332 g/mol. The molecule has 2 heterocycles. The summed E-state index contributed by atoms with van der Waals surface area (Å²) in [6, 6.07) is 5.84. The van der Waals surface area contributed by atoms with Gasteiger partial charge < -0.3 is 16.0 Å². The van der Waals surface area contributed by atoms with Gasteiger partial charge in [0.15, 0.2) is 0 Å². The molecule has 7 nitrogen and oxygen atoms in total. The highest BCUT2D eigenvalue weighted by molar-refractivity contribution is 6.05. The summed E-state index contributed by atoms with van der Waals surface area (Å²) in [5, 5.41) is 5.86. The second-order valence-corrected chi connectivity index (χ2v) is 7.54. The summed E-state index contributed by atoms with van der Waals surface area (Å²) in [5.41, 5.74) is 8.40. The van der Waals surface area contributed by atoms with Crippen LogP contribution in [0.5, 0.6) is 0 Å². The van der Waals surface area contributed by atoms with Crippen LogP contribution in [-0.2, 0) is 22.7 Å². The normalized spacial score (nSPS) is 28.0. The zero-order valence-corrected chi connectivity index (χ0v) is 14.7. The zero-order chi connectivity index (χ0) is 18.3. The van der Waals surface area contributed by atoms with Crippen LogP contribution in [0.15, 0.2) is 18.2 Å². The van der Waals surface area contributed by atoms with Crippen LogP contribution in [0.2, 0.25) is 0 Å². The number of imide groups is 1. The van der Waals surface area contributed by atoms with Crippen molar-refractivity contribution in [2.75, 3.05) is 6.54 Å². The maximum atomic E-state index is 12.7. The lowest BCUT2D eigenvalue weighted by Crippen LogP contribution is -2.52. The first-order valence-electron chi connectivity index (χ1n) is 9.25. The Morgan fingerprint density at radius 2 is 2.04 bits per heavy atom. The molecule has 4 N–H and O–H groups in total. The number of nitrogens with two attached hydrogens (primary N) is 1. The van der Waals surface area contributed by atoms with E-state index in [9.17, 15) is 14.4 Å². The standard InChI is InChI=1S/C19H24N4O3/c20-8-12-6-14(7-12)21-9-11-1-2-15-13(5-11)10-23(19(15)26)16-3-4-17(24)22-18(16)25/h1-2,5,12,14,16,21H,3-4,6-10,20H2,(H,22,24,25). The number of amides is 3. The number of carbonyl (C=O) groups excluding carboxylic acids is 3. The van der Waals surface area contributed by atoms with Crippen molar-refractivity contribution in [2.24, 2.45) is 11.7 Å². The Morgan fingerprint density at radius 3 is 2.77 bits per heavy atom. The molecular formula is C19H24N4O3. The van der Waals surface area contributed by atoms with Crippen molar-refractivity contribution >= 4 is 17.7 Å². The van der Waals surface area contributed by atoms with Gasteiger partial charge in [-0.1, -0.05) is 12.1 Å². The number of nitrogens with zero attached hydrogens (tertiary/aromatic N) is 1. The van der Waals surface area contributed by atoms with E-state index in [1.54, 1.807) is 4.90 Å². The first-order valence-corrected chi connectivity index (χ1v) is 9.25. The molecule has 0 radical (unpaired) electrons. The molecule has 2 fully saturated rings. The van der Waals surface area contributed by atoms with Crippen LogP contribution in [0, 0.1) is 5.92 Å². The number of hydrogen-bond donors (Lipinski definition) is 3. The van der Waals surface area contributed by atoms with Gasteiger partial charge in [0.25, 0.3) is 5.91 Å². The first kappa shape index (κ1) is 17.2. The van der Waals surface area contributed by atoms with Gasteiger partial charge in [-0.05, 0) is 48.9 Å². The maximum absolute atomic E-state index is 12.7. The number of benzene rings is 1. The number of rotatable bonds is 5. The second-order valence-electron chi connectivity index (χ2n) is 7.54. The number of nitrogens with one attached hydrogen (secondary N) is 2. The Kier molecular flexibility index (Phi) is 4.50. The fourth-order valence-corrected chi connectivity index (χ4v) is 4.09. The largest absolute Gasteiger partial charge is 0.330 e. The van der Waals surface area contributed by atoms with Crippen LogP contribution in [0.1, 0.15) is 47.2 Å². The molecule has 2 aliphatic heterocycles. The van der Waals surface area contributed by atoms with Gasteiger partial charge in [0.2, 0.25) is 11.8 Å². The van der Waals surface area contributed by atoms with Gasteiger partial charge in [-0.3, -0.25) is 19.7 Å². The summed E-state index contributed by atoms with van der Waals surface area (Å²) in [6.07, 6.45) is 2.92. The van der Waals surface area contributed by atoms with Crippen LogP contribution >= 0.6 is 0 Å². The van der Waals surface area contributed by atoms with E-state index >= 15 is 0 Å². The van der Waals surface area contributed by atoms with Crippen LogP contribution in [-0.4, -0.2) is 41.2 Å². The van der Waals surface area contributed by atoms with Gasteiger partial charge in [-0.15, -0.1) is 0 Å². The molecule has 7 heteroatoms. The highest BCUT2D eigenvalue weighted by Crippen LogP contribution is 2.29. The fraction of sp³-hybridized carbons (Fsp3) is 0.526.